The molecular weight excluding hydrogens is 178 g/mol. The molecule has 0 atom stereocenters. The number of rotatable bonds is 1. The van der Waals surface area contributed by atoms with Crippen LogP contribution in [0.2, 0.25) is 0 Å². The van der Waals surface area contributed by atoms with Crippen molar-refractivity contribution in [2.24, 2.45) is 0 Å². The highest BCUT2D eigenvalue weighted by Gasteiger charge is 2.07. The van der Waals surface area contributed by atoms with Crippen molar-refractivity contribution in [2.75, 3.05) is 5.73 Å². The molecule has 0 aliphatic rings. The smallest absolute Gasteiger partial charge is 0.294 e. The molecule has 1 rings (SSSR count). The average molecular weight is 189 g/mol. The van der Waals surface area contributed by atoms with Crippen LogP contribution >= 0.6 is 0 Å². The molecule has 4 nitrogen and oxygen atoms in total. The first kappa shape index (κ1) is 10.9. The van der Waals surface area contributed by atoms with Crippen molar-refractivity contribution in [1.29, 1.82) is 0 Å². The Labute approximate surface area is 71.8 Å². The minimum atomic E-state index is -4.11. The van der Waals surface area contributed by atoms with Crippen LogP contribution in [-0.2, 0) is 10.1 Å². The molecule has 0 amide bonds. The van der Waals surface area contributed by atoms with Crippen molar-refractivity contribution in [1.82, 2.24) is 0 Å². The number of hydrogen-bond acceptors (Lipinski definition) is 3. The maximum Gasteiger partial charge on any atom is 0.294 e. The van der Waals surface area contributed by atoms with Crippen LogP contribution in [0.15, 0.2) is 29.2 Å². The van der Waals surface area contributed by atoms with Crippen molar-refractivity contribution >= 4 is 15.8 Å². The molecule has 0 aromatic heterocycles. The molecule has 68 valence electrons. The van der Waals surface area contributed by atoms with Gasteiger partial charge in [-0.2, -0.15) is 8.42 Å². The Kier molecular flexibility index (Phi) is 3.24. The summed E-state index contributed by atoms with van der Waals surface area (Å²) in [6.45, 7) is 0. The molecule has 0 aliphatic heterocycles. The zero-order chi connectivity index (χ0) is 8.48. The van der Waals surface area contributed by atoms with E-state index in [1.165, 1.54) is 24.3 Å². The molecule has 0 saturated heterocycles. The van der Waals surface area contributed by atoms with Gasteiger partial charge >= 0.3 is 0 Å². The molecular formula is C7H11NO3S. The number of nitrogen functional groups attached to an aromatic ring is 1. The minimum absolute atomic E-state index is 0. The highest BCUT2D eigenvalue weighted by atomic mass is 32.2. The van der Waals surface area contributed by atoms with Gasteiger partial charge in [-0.15, -0.1) is 0 Å². The second-order valence-corrected chi connectivity index (χ2v) is 3.47. The molecule has 3 N–H and O–H groups in total. The maximum atomic E-state index is 10.5. The van der Waals surface area contributed by atoms with Crippen LogP contribution in [0.3, 0.4) is 0 Å². The van der Waals surface area contributed by atoms with Gasteiger partial charge in [0.15, 0.2) is 0 Å². The van der Waals surface area contributed by atoms with Crippen LogP contribution in [0.25, 0.3) is 0 Å². The lowest BCUT2D eigenvalue weighted by Gasteiger charge is -1.96. The van der Waals surface area contributed by atoms with E-state index in [0.717, 1.165) is 0 Å². The largest absolute Gasteiger partial charge is 0.399 e. The number of benzene rings is 1. The zero-order valence-electron chi connectivity index (χ0n) is 5.56. The lowest BCUT2D eigenvalue weighted by Crippen LogP contribution is -1.98. The van der Waals surface area contributed by atoms with E-state index in [0.29, 0.717) is 5.69 Å². The first-order chi connectivity index (χ1) is 5.00. The summed E-state index contributed by atoms with van der Waals surface area (Å²) in [6.07, 6.45) is 0. The van der Waals surface area contributed by atoms with Gasteiger partial charge in [-0.3, -0.25) is 4.55 Å². The predicted molar refractivity (Wildman–Crippen MR) is 47.4 cm³/mol. The summed E-state index contributed by atoms with van der Waals surface area (Å²) in [5.74, 6) is 0. The van der Waals surface area contributed by atoms with E-state index in [2.05, 4.69) is 0 Å². The summed E-state index contributed by atoms with van der Waals surface area (Å²) in [7, 11) is -4.11. The lowest BCUT2D eigenvalue weighted by molar-refractivity contribution is 0.483. The van der Waals surface area contributed by atoms with Gasteiger partial charge < -0.3 is 5.73 Å². The monoisotopic (exact) mass is 189 g/mol. The summed E-state index contributed by atoms with van der Waals surface area (Å²) in [4.78, 5) is -0.183. The maximum absolute atomic E-state index is 10.5. The SMILES string of the molecule is C.Nc1cccc(S(=O)(=O)O)c1. The Balaban J connectivity index is 0.00000121. The van der Waals surface area contributed by atoms with Crippen molar-refractivity contribution in [3.63, 3.8) is 0 Å². The molecule has 0 saturated carbocycles. The van der Waals surface area contributed by atoms with E-state index >= 15 is 0 Å². The summed E-state index contributed by atoms with van der Waals surface area (Å²) < 4.78 is 29.5. The number of hydrogen-bond donors (Lipinski definition) is 2. The third-order valence-electron chi connectivity index (χ3n) is 1.16. The molecule has 12 heavy (non-hydrogen) atoms. The fourth-order valence-corrected chi connectivity index (χ4v) is 1.21. The van der Waals surface area contributed by atoms with Crippen LogP contribution in [0.4, 0.5) is 5.69 Å². The third kappa shape index (κ3) is 2.52. The Morgan fingerprint density at radius 3 is 2.25 bits per heavy atom. The van der Waals surface area contributed by atoms with Gasteiger partial charge in [0.05, 0.1) is 4.90 Å². The minimum Gasteiger partial charge on any atom is -0.399 e. The number of anilines is 1. The summed E-state index contributed by atoms with van der Waals surface area (Å²) >= 11 is 0. The van der Waals surface area contributed by atoms with E-state index in [-0.39, 0.29) is 12.3 Å². The van der Waals surface area contributed by atoms with Crippen LogP contribution in [0.5, 0.6) is 0 Å². The Bertz CT molecular complexity index is 359. The molecule has 0 bridgehead atoms. The van der Waals surface area contributed by atoms with Crippen molar-refractivity contribution < 1.29 is 13.0 Å². The molecule has 1 aromatic carbocycles. The van der Waals surface area contributed by atoms with E-state index < -0.39 is 10.1 Å². The first-order valence-corrected chi connectivity index (χ1v) is 4.27. The summed E-state index contributed by atoms with van der Waals surface area (Å²) in [6, 6.07) is 5.45. The molecule has 0 heterocycles. The Morgan fingerprint density at radius 2 is 1.92 bits per heavy atom. The van der Waals surface area contributed by atoms with Crippen LogP contribution < -0.4 is 5.73 Å². The summed E-state index contributed by atoms with van der Waals surface area (Å²) in [5, 5.41) is 0. The highest BCUT2D eigenvalue weighted by molar-refractivity contribution is 7.85. The topological polar surface area (TPSA) is 80.4 Å². The van der Waals surface area contributed by atoms with E-state index in [1.807, 2.05) is 0 Å². The lowest BCUT2D eigenvalue weighted by atomic mass is 10.3. The van der Waals surface area contributed by atoms with Crippen molar-refractivity contribution in [3.05, 3.63) is 24.3 Å². The van der Waals surface area contributed by atoms with Gasteiger partial charge in [-0.1, -0.05) is 13.5 Å². The Morgan fingerprint density at radius 1 is 1.33 bits per heavy atom. The molecule has 0 unspecified atom stereocenters. The van der Waals surface area contributed by atoms with Gasteiger partial charge in [0.25, 0.3) is 10.1 Å². The van der Waals surface area contributed by atoms with E-state index in [1.54, 1.807) is 0 Å². The molecule has 0 fully saturated rings. The van der Waals surface area contributed by atoms with Crippen molar-refractivity contribution in [3.8, 4) is 0 Å². The average Bonchev–Trinajstić information content (AvgIpc) is 1.86. The molecule has 0 spiro atoms. The van der Waals surface area contributed by atoms with Gasteiger partial charge in [0.1, 0.15) is 0 Å². The van der Waals surface area contributed by atoms with Crippen molar-refractivity contribution in [2.45, 2.75) is 12.3 Å². The Hall–Kier alpha value is -1.07. The van der Waals surface area contributed by atoms with Crippen LogP contribution in [-0.4, -0.2) is 13.0 Å². The number of nitrogens with two attached hydrogens (primary N) is 1. The second-order valence-electron chi connectivity index (χ2n) is 2.05. The summed E-state index contributed by atoms with van der Waals surface area (Å²) in [5.41, 5.74) is 5.59. The van der Waals surface area contributed by atoms with Crippen LogP contribution in [0.1, 0.15) is 7.43 Å². The quantitative estimate of drug-likeness (QED) is 0.513. The fraction of sp³-hybridized carbons (Fsp3) is 0.143. The van der Waals surface area contributed by atoms with Gasteiger partial charge in [0.2, 0.25) is 0 Å². The molecule has 0 radical (unpaired) electrons. The first-order valence-electron chi connectivity index (χ1n) is 2.83. The third-order valence-corrected chi connectivity index (χ3v) is 2.01. The van der Waals surface area contributed by atoms with Gasteiger partial charge in [-0.05, 0) is 18.2 Å². The van der Waals surface area contributed by atoms with E-state index in [9.17, 15) is 8.42 Å². The van der Waals surface area contributed by atoms with E-state index in [4.69, 9.17) is 10.3 Å². The standard InChI is InChI=1S/C6H7NO3S.CH4/c7-5-2-1-3-6(4-5)11(8,9)10;/h1-4H,7H2,(H,8,9,10);1H4. The predicted octanol–water partition coefficient (Wildman–Crippen LogP) is 1.15. The second kappa shape index (κ2) is 3.55. The highest BCUT2D eigenvalue weighted by Crippen LogP contribution is 2.11. The van der Waals surface area contributed by atoms with Crippen LogP contribution in [0, 0.1) is 0 Å². The van der Waals surface area contributed by atoms with Gasteiger partial charge in [-0.25, -0.2) is 0 Å². The zero-order valence-corrected chi connectivity index (χ0v) is 6.38. The van der Waals surface area contributed by atoms with Gasteiger partial charge in [0, 0.05) is 5.69 Å². The normalized spacial score (nSPS) is 10.4. The molecule has 0 aliphatic carbocycles. The fourth-order valence-electron chi connectivity index (χ4n) is 0.675. The molecule has 1 aromatic rings. The molecule has 5 heteroatoms.